The average molecular weight is 295 g/mol. The molecule has 0 aliphatic heterocycles. The van der Waals surface area contributed by atoms with Crippen LogP contribution in [0.15, 0.2) is 48.5 Å². The molecule has 112 valence electrons. The maximum absolute atomic E-state index is 12.9. The number of ether oxygens (including phenoxy) is 1. The molecule has 0 fully saturated rings. The quantitative estimate of drug-likeness (QED) is 0.908. The summed E-state index contributed by atoms with van der Waals surface area (Å²) in [5, 5.41) is 0. The van der Waals surface area contributed by atoms with Crippen molar-refractivity contribution in [2.24, 2.45) is 5.73 Å². The second-order valence-electron chi connectivity index (χ2n) is 4.92. The predicted octanol–water partition coefficient (Wildman–Crippen LogP) is 4.39. The van der Waals surface area contributed by atoms with Gasteiger partial charge in [-0.05, 0) is 43.2 Å². The van der Waals surface area contributed by atoms with Crippen LogP contribution in [0.1, 0.15) is 18.1 Å². The maximum Gasteiger partial charge on any atom is 0.419 e. The molecule has 2 rings (SSSR count). The monoisotopic (exact) mass is 295 g/mol. The largest absolute Gasteiger partial charge is 0.457 e. The van der Waals surface area contributed by atoms with E-state index in [0.717, 1.165) is 11.6 Å². The Labute approximate surface area is 121 Å². The van der Waals surface area contributed by atoms with Crippen LogP contribution >= 0.6 is 0 Å². The van der Waals surface area contributed by atoms with Crippen molar-refractivity contribution in [2.75, 3.05) is 0 Å². The minimum atomic E-state index is -4.44. The summed E-state index contributed by atoms with van der Waals surface area (Å²) in [6.45, 7) is 1.89. The molecular formula is C16H16F3NO. The summed E-state index contributed by atoms with van der Waals surface area (Å²) in [6, 6.07) is 12.1. The number of alkyl halides is 3. The van der Waals surface area contributed by atoms with Crippen LogP contribution in [0, 0.1) is 0 Å². The molecule has 0 aromatic heterocycles. The molecule has 0 radical (unpaired) electrons. The lowest BCUT2D eigenvalue weighted by Crippen LogP contribution is -2.17. The maximum atomic E-state index is 12.9. The van der Waals surface area contributed by atoms with E-state index in [1.54, 1.807) is 24.3 Å². The molecule has 0 saturated carbocycles. The Kier molecular flexibility index (Phi) is 4.53. The average Bonchev–Trinajstić information content (AvgIpc) is 2.40. The fraction of sp³-hybridized carbons (Fsp3) is 0.250. The minimum absolute atomic E-state index is 0.0303. The number of hydrogen-bond acceptors (Lipinski definition) is 2. The zero-order chi connectivity index (χ0) is 15.5. The third-order valence-corrected chi connectivity index (χ3v) is 2.90. The first-order valence-corrected chi connectivity index (χ1v) is 6.55. The fourth-order valence-electron chi connectivity index (χ4n) is 1.98. The van der Waals surface area contributed by atoms with E-state index >= 15 is 0 Å². The molecule has 2 N–H and O–H groups in total. The van der Waals surface area contributed by atoms with Crippen molar-refractivity contribution in [3.8, 4) is 11.5 Å². The summed E-state index contributed by atoms with van der Waals surface area (Å²) in [5.41, 5.74) is 5.93. The van der Waals surface area contributed by atoms with Crippen LogP contribution in [-0.4, -0.2) is 6.04 Å². The van der Waals surface area contributed by atoms with Gasteiger partial charge in [-0.2, -0.15) is 13.2 Å². The number of benzene rings is 2. The van der Waals surface area contributed by atoms with E-state index in [-0.39, 0.29) is 11.8 Å². The molecule has 0 heterocycles. The lowest BCUT2D eigenvalue weighted by atomic mass is 10.1. The van der Waals surface area contributed by atoms with Crippen molar-refractivity contribution in [1.29, 1.82) is 0 Å². The third kappa shape index (κ3) is 4.23. The molecule has 21 heavy (non-hydrogen) atoms. The van der Waals surface area contributed by atoms with Gasteiger partial charge in [-0.15, -0.1) is 0 Å². The molecular weight excluding hydrogens is 279 g/mol. The second-order valence-corrected chi connectivity index (χ2v) is 4.92. The molecule has 0 spiro atoms. The van der Waals surface area contributed by atoms with E-state index in [4.69, 9.17) is 10.5 Å². The van der Waals surface area contributed by atoms with Crippen LogP contribution in [0.4, 0.5) is 13.2 Å². The van der Waals surface area contributed by atoms with Gasteiger partial charge >= 0.3 is 6.18 Å². The van der Waals surface area contributed by atoms with E-state index in [1.165, 1.54) is 18.2 Å². The Morgan fingerprint density at radius 1 is 1.05 bits per heavy atom. The molecule has 0 amide bonds. The van der Waals surface area contributed by atoms with Gasteiger partial charge in [0.2, 0.25) is 0 Å². The molecule has 5 heteroatoms. The number of rotatable bonds is 4. The molecule has 1 atom stereocenters. The minimum Gasteiger partial charge on any atom is -0.457 e. The molecule has 1 unspecified atom stereocenters. The highest BCUT2D eigenvalue weighted by molar-refractivity contribution is 5.40. The van der Waals surface area contributed by atoms with Gasteiger partial charge in [-0.1, -0.05) is 24.3 Å². The highest BCUT2D eigenvalue weighted by atomic mass is 19.4. The topological polar surface area (TPSA) is 35.2 Å². The lowest BCUT2D eigenvalue weighted by Gasteiger charge is -2.13. The van der Waals surface area contributed by atoms with Gasteiger partial charge < -0.3 is 10.5 Å². The first-order valence-electron chi connectivity index (χ1n) is 6.55. The van der Waals surface area contributed by atoms with Crippen molar-refractivity contribution in [3.63, 3.8) is 0 Å². The number of halogens is 3. The molecule has 2 aromatic carbocycles. The van der Waals surface area contributed by atoms with Gasteiger partial charge in [0.15, 0.2) is 0 Å². The van der Waals surface area contributed by atoms with E-state index in [0.29, 0.717) is 12.2 Å². The van der Waals surface area contributed by atoms with Crippen LogP contribution in [0.2, 0.25) is 0 Å². The van der Waals surface area contributed by atoms with Crippen LogP contribution in [0.25, 0.3) is 0 Å². The first-order chi connectivity index (χ1) is 9.86. The van der Waals surface area contributed by atoms with E-state index < -0.39 is 11.7 Å². The molecule has 0 bridgehead atoms. The lowest BCUT2D eigenvalue weighted by molar-refractivity contribution is -0.138. The zero-order valence-corrected chi connectivity index (χ0v) is 11.5. The van der Waals surface area contributed by atoms with Crippen molar-refractivity contribution in [2.45, 2.75) is 25.6 Å². The summed E-state index contributed by atoms with van der Waals surface area (Å²) in [5.74, 6) is 0.157. The predicted molar refractivity (Wildman–Crippen MR) is 75.3 cm³/mol. The molecule has 0 saturated heterocycles. The Morgan fingerprint density at radius 2 is 1.67 bits per heavy atom. The molecule has 2 nitrogen and oxygen atoms in total. The summed E-state index contributed by atoms with van der Waals surface area (Å²) in [4.78, 5) is 0. The van der Waals surface area contributed by atoms with Crippen molar-refractivity contribution >= 4 is 0 Å². The van der Waals surface area contributed by atoms with Crippen LogP contribution < -0.4 is 10.5 Å². The van der Waals surface area contributed by atoms with Crippen molar-refractivity contribution in [3.05, 3.63) is 59.7 Å². The summed E-state index contributed by atoms with van der Waals surface area (Å²) >= 11 is 0. The van der Waals surface area contributed by atoms with Gasteiger partial charge in [0, 0.05) is 6.04 Å². The van der Waals surface area contributed by atoms with Gasteiger partial charge in [-0.3, -0.25) is 0 Å². The highest BCUT2D eigenvalue weighted by Gasteiger charge is 2.34. The summed E-state index contributed by atoms with van der Waals surface area (Å²) in [6.07, 6.45) is -3.73. The zero-order valence-electron chi connectivity index (χ0n) is 11.5. The van der Waals surface area contributed by atoms with Crippen molar-refractivity contribution in [1.82, 2.24) is 0 Å². The normalized spacial score (nSPS) is 13.0. The van der Waals surface area contributed by atoms with E-state index in [9.17, 15) is 13.2 Å². The fourth-order valence-corrected chi connectivity index (χ4v) is 1.98. The van der Waals surface area contributed by atoms with Crippen LogP contribution in [0.5, 0.6) is 11.5 Å². The first kappa shape index (κ1) is 15.4. The van der Waals surface area contributed by atoms with Crippen LogP contribution in [0.3, 0.4) is 0 Å². The number of nitrogens with two attached hydrogens (primary N) is 1. The summed E-state index contributed by atoms with van der Waals surface area (Å²) in [7, 11) is 0. The van der Waals surface area contributed by atoms with Crippen LogP contribution in [-0.2, 0) is 12.6 Å². The van der Waals surface area contributed by atoms with Gasteiger partial charge in [0.05, 0.1) is 5.56 Å². The Hall–Kier alpha value is -2.01. The van der Waals surface area contributed by atoms with E-state index in [2.05, 4.69) is 0 Å². The highest BCUT2D eigenvalue weighted by Crippen LogP contribution is 2.37. The Balaban J connectivity index is 2.19. The van der Waals surface area contributed by atoms with Crippen molar-refractivity contribution < 1.29 is 17.9 Å². The second kappa shape index (κ2) is 6.18. The Morgan fingerprint density at radius 3 is 2.24 bits per heavy atom. The summed E-state index contributed by atoms with van der Waals surface area (Å²) < 4.78 is 43.9. The molecule has 2 aromatic rings. The smallest absolute Gasteiger partial charge is 0.419 e. The molecule has 0 aliphatic rings. The van der Waals surface area contributed by atoms with Gasteiger partial charge in [0.25, 0.3) is 0 Å². The number of para-hydroxylation sites is 1. The number of hydrogen-bond donors (Lipinski definition) is 1. The van der Waals surface area contributed by atoms with Gasteiger partial charge in [0.1, 0.15) is 11.5 Å². The Bertz CT molecular complexity index is 591. The van der Waals surface area contributed by atoms with Gasteiger partial charge in [-0.25, -0.2) is 0 Å². The van der Waals surface area contributed by atoms with E-state index in [1.807, 2.05) is 6.92 Å². The SMILES string of the molecule is CC(N)Cc1ccc(Oc2ccccc2C(F)(F)F)cc1. The standard InChI is InChI=1S/C16H16F3NO/c1-11(20)10-12-6-8-13(9-7-12)21-15-5-3-2-4-14(15)16(17,18)19/h2-9,11H,10,20H2,1H3. The molecule has 0 aliphatic carbocycles. The third-order valence-electron chi connectivity index (χ3n) is 2.90.